The van der Waals surface area contributed by atoms with Crippen LogP contribution in [-0.4, -0.2) is 49.5 Å². The second-order valence-electron chi connectivity index (χ2n) is 5.85. The van der Waals surface area contributed by atoms with Crippen LogP contribution in [0.5, 0.6) is 0 Å². The Bertz CT molecular complexity index is 837. The number of rotatable bonds is 5. The van der Waals surface area contributed by atoms with Crippen molar-refractivity contribution in [1.82, 2.24) is 14.2 Å². The summed E-state index contributed by atoms with van der Waals surface area (Å²) in [7, 11) is -1.68. The maximum atomic E-state index is 12.6. The van der Waals surface area contributed by atoms with E-state index in [9.17, 15) is 13.2 Å². The minimum absolute atomic E-state index is 0.169. The summed E-state index contributed by atoms with van der Waals surface area (Å²) in [4.78, 5) is 12.3. The van der Waals surface area contributed by atoms with Gasteiger partial charge in [-0.05, 0) is 29.8 Å². The third-order valence-electron chi connectivity index (χ3n) is 4.16. The maximum absolute atomic E-state index is 12.6. The highest BCUT2D eigenvalue weighted by Gasteiger charge is 2.26. The molecule has 1 N–H and O–H groups in total. The van der Waals surface area contributed by atoms with Gasteiger partial charge in [0, 0.05) is 32.9 Å². The van der Waals surface area contributed by atoms with E-state index < -0.39 is 10.0 Å². The van der Waals surface area contributed by atoms with Crippen molar-refractivity contribution < 1.29 is 17.9 Å². The van der Waals surface area contributed by atoms with Crippen molar-refractivity contribution in [2.45, 2.75) is 11.4 Å². The van der Waals surface area contributed by atoms with Gasteiger partial charge in [-0.1, -0.05) is 12.1 Å². The van der Waals surface area contributed by atoms with Gasteiger partial charge in [0.1, 0.15) is 5.69 Å². The van der Waals surface area contributed by atoms with E-state index in [1.54, 1.807) is 54.2 Å². The van der Waals surface area contributed by atoms with Gasteiger partial charge in [0.15, 0.2) is 0 Å². The second-order valence-corrected chi connectivity index (χ2v) is 7.79. The van der Waals surface area contributed by atoms with Gasteiger partial charge >= 0.3 is 0 Å². The van der Waals surface area contributed by atoms with Gasteiger partial charge in [-0.25, -0.2) is 8.42 Å². The highest BCUT2D eigenvalue weighted by Crippen LogP contribution is 2.17. The Morgan fingerprint density at radius 3 is 2.44 bits per heavy atom. The summed E-state index contributed by atoms with van der Waals surface area (Å²) in [6.45, 7) is 1.92. The lowest BCUT2D eigenvalue weighted by molar-refractivity contribution is 0.0730. The Morgan fingerprint density at radius 2 is 1.84 bits per heavy atom. The highest BCUT2D eigenvalue weighted by atomic mass is 32.2. The number of carbonyl (C=O) groups is 1. The summed E-state index contributed by atoms with van der Waals surface area (Å²) >= 11 is 0. The van der Waals surface area contributed by atoms with Crippen LogP contribution in [0.2, 0.25) is 0 Å². The summed E-state index contributed by atoms with van der Waals surface area (Å²) in [5.41, 5.74) is 1.41. The van der Waals surface area contributed by atoms with E-state index >= 15 is 0 Å². The van der Waals surface area contributed by atoms with Crippen molar-refractivity contribution in [3.05, 3.63) is 53.9 Å². The van der Waals surface area contributed by atoms with Crippen LogP contribution >= 0.6 is 0 Å². The molecule has 1 fully saturated rings. The summed E-state index contributed by atoms with van der Waals surface area (Å²) in [6, 6.07) is 10.1. The van der Waals surface area contributed by atoms with Crippen molar-refractivity contribution in [3.8, 4) is 0 Å². The molecule has 0 unspecified atom stereocenters. The van der Waals surface area contributed by atoms with Gasteiger partial charge in [0.2, 0.25) is 10.0 Å². The quantitative estimate of drug-likeness (QED) is 0.859. The van der Waals surface area contributed by atoms with Crippen LogP contribution in [0.1, 0.15) is 16.1 Å². The zero-order chi connectivity index (χ0) is 17.9. The number of sulfonamides is 1. The first-order valence-corrected chi connectivity index (χ1v) is 9.49. The number of morpholine rings is 1. The molecule has 7 nitrogen and oxygen atoms in total. The molecule has 3 rings (SSSR count). The predicted octanol–water partition coefficient (Wildman–Crippen LogP) is 0.976. The Hall–Kier alpha value is -2.16. The van der Waals surface area contributed by atoms with Crippen LogP contribution in [-0.2, 0) is 28.4 Å². The molecule has 1 saturated heterocycles. The first kappa shape index (κ1) is 17.7. The van der Waals surface area contributed by atoms with E-state index in [2.05, 4.69) is 5.32 Å². The molecule has 1 amide bonds. The van der Waals surface area contributed by atoms with Crippen molar-refractivity contribution in [3.63, 3.8) is 0 Å². The minimum atomic E-state index is -3.49. The molecule has 0 saturated carbocycles. The second kappa shape index (κ2) is 7.38. The highest BCUT2D eigenvalue weighted by molar-refractivity contribution is 7.89. The fourth-order valence-electron chi connectivity index (χ4n) is 2.69. The van der Waals surface area contributed by atoms with Crippen molar-refractivity contribution in [1.29, 1.82) is 0 Å². The number of nitrogens with one attached hydrogen (secondary N) is 1. The standard InChI is InChI=1S/C17H21N3O4S/c1-19-8-2-3-16(19)17(21)18-13-14-4-6-15(7-5-14)25(22,23)20-9-11-24-12-10-20/h2-8H,9-13H2,1H3,(H,18,21). The van der Waals surface area contributed by atoms with E-state index in [4.69, 9.17) is 4.74 Å². The van der Waals surface area contributed by atoms with E-state index in [-0.39, 0.29) is 10.8 Å². The number of aromatic nitrogens is 1. The van der Waals surface area contributed by atoms with Gasteiger partial charge in [0.25, 0.3) is 5.91 Å². The van der Waals surface area contributed by atoms with Crippen LogP contribution < -0.4 is 5.32 Å². The Balaban J connectivity index is 1.64. The van der Waals surface area contributed by atoms with E-state index in [1.165, 1.54) is 4.31 Å². The van der Waals surface area contributed by atoms with Crippen molar-refractivity contribution in [2.24, 2.45) is 7.05 Å². The summed E-state index contributed by atoms with van der Waals surface area (Å²) in [6.07, 6.45) is 1.81. The molecule has 0 spiro atoms. The molecule has 0 radical (unpaired) electrons. The van der Waals surface area contributed by atoms with Gasteiger partial charge < -0.3 is 14.6 Å². The molecular weight excluding hydrogens is 342 g/mol. The fraction of sp³-hybridized carbons (Fsp3) is 0.353. The third-order valence-corrected chi connectivity index (χ3v) is 6.07. The first-order chi connectivity index (χ1) is 12.0. The van der Waals surface area contributed by atoms with Crippen LogP contribution in [0.4, 0.5) is 0 Å². The Labute approximate surface area is 147 Å². The van der Waals surface area contributed by atoms with E-state index in [0.717, 1.165) is 5.56 Å². The molecule has 1 aromatic carbocycles. The minimum Gasteiger partial charge on any atom is -0.379 e. The Kier molecular flexibility index (Phi) is 5.22. The number of nitrogens with zero attached hydrogens (tertiary/aromatic N) is 2. The van der Waals surface area contributed by atoms with E-state index in [1.807, 2.05) is 0 Å². The van der Waals surface area contributed by atoms with Crippen LogP contribution in [0, 0.1) is 0 Å². The largest absolute Gasteiger partial charge is 0.379 e. The number of hydrogen-bond donors (Lipinski definition) is 1. The molecule has 0 atom stereocenters. The molecule has 0 bridgehead atoms. The average molecular weight is 363 g/mol. The number of benzene rings is 1. The Morgan fingerprint density at radius 1 is 1.16 bits per heavy atom. The normalized spacial score (nSPS) is 15.9. The number of carbonyl (C=O) groups excluding carboxylic acids is 1. The molecule has 2 heterocycles. The molecule has 1 aromatic heterocycles. The third kappa shape index (κ3) is 3.92. The molecule has 25 heavy (non-hydrogen) atoms. The predicted molar refractivity (Wildman–Crippen MR) is 92.6 cm³/mol. The smallest absolute Gasteiger partial charge is 0.268 e. The number of ether oxygens (including phenoxy) is 1. The number of hydrogen-bond acceptors (Lipinski definition) is 4. The lowest BCUT2D eigenvalue weighted by Crippen LogP contribution is -2.40. The monoisotopic (exact) mass is 363 g/mol. The van der Waals surface area contributed by atoms with Crippen molar-refractivity contribution in [2.75, 3.05) is 26.3 Å². The number of amides is 1. The van der Waals surface area contributed by atoms with Crippen molar-refractivity contribution >= 4 is 15.9 Å². The molecule has 134 valence electrons. The molecule has 2 aromatic rings. The summed E-state index contributed by atoms with van der Waals surface area (Å²) < 4.78 is 33.5. The summed E-state index contributed by atoms with van der Waals surface area (Å²) in [5.74, 6) is -0.169. The SMILES string of the molecule is Cn1cccc1C(=O)NCc1ccc(S(=O)(=O)N2CCOCC2)cc1. The van der Waals surface area contributed by atoms with Gasteiger partial charge in [0.05, 0.1) is 18.1 Å². The topological polar surface area (TPSA) is 80.6 Å². The molecule has 8 heteroatoms. The number of aryl methyl sites for hydroxylation is 1. The summed E-state index contributed by atoms with van der Waals surface area (Å²) in [5, 5.41) is 2.83. The van der Waals surface area contributed by atoms with Crippen LogP contribution in [0.3, 0.4) is 0 Å². The van der Waals surface area contributed by atoms with Gasteiger partial charge in [-0.15, -0.1) is 0 Å². The first-order valence-electron chi connectivity index (χ1n) is 8.05. The average Bonchev–Trinajstić information content (AvgIpc) is 3.07. The fourth-order valence-corrected chi connectivity index (χ4v) is 4.09. The molecule has 1 aliphatic rings. The molecule has 1 aliphatic heterocycles. The zero-order valence-corrected chi connectivity index (χ0v) is 14.8. The van der Waals surface area contributed by atoms with Crippen LogP contribution in [0.15, 0.2) is 47.5 Å². The molecule has 0 aliphatic carbocycles. The zero-order valence-electron chi connectivity index (χ0n) is 14.0. The van der Waals surface area contributed by atoms with Gasteiger partial charge in [-0.3, -0.25) is 4.79 Å². The molecular formula is C17H21N3O4S. The maximum Gasteiger partial charge on any atom is 0.268 e. The lowest BCUT2D eigenvalue weighted by Gasteiger charge is -2.26. The van der Waals surface area contributed by atoms with E-state index in [0.29, 0.717) is 38.5 Å². The van der Waals surface area contributed by atoms with Crippen LogP contribution in [0.25, 0.3) is 0 Å². The lowest BCUT2D eigenvalue weighted by atomic mass is 10.2. The van der Waals surface area contributed by atoms with Gasteiger partial charge in [-0.2, -0.15) is 4.31 Å².